The van der Waals surface area contributed by atoms with Crippen LogP contribution in [0.2, 0.25) is 5.02 Å². The molecule has 0 aliphatic heterocycles. The van der Waals surface area contributed by atoms with Crippen LogP contribution in [0.4, 0.5) is 11.6 Å². The van der Waals surface area contributed by atoms with Crippen LogP contribution in [0.5, 0.6) is 0 Å². The van der Waals surface area contributed by atoms with E-state index in [0.717, 1.165) is 7.11 Å². The van der Waals surface area contributed by atoms with Gasteiger partial charge >= 0.3 is 11.9 Å². The minimum absolute atomic E-state index is 0.0370. The Labute approximate surface area is 128 Å². The third kappa shape index (κ3) is 3.35. The Balaban J connectivity index is 2.20. The SMILES string of the molecule is COC(=O)C(=O)Nc1cccc(C(=O)Nc2nn[nH]n2)c1Cl. The van der Waals surface area contributed by atoms with Crippen molar-refractivity contribution in [3.8, 4) is 0 Å². The minimum atomic E-state index is -1.09. The first-order valence-corrected chi connectivity index (χ1v) is 6.13. The lowest BCUT2D eigenvalue weighted by Crippen LogP contribution is -2.24. The summed E-state index contributed by atoms with van der Waals surface area (Å²) in [6.45, 7) is 0. The van der Waals surface area contributed by atoms with E-state index in [1.807, 2.05) is 0 Å². The van der Waals surface area contributed by atoms with Crippen molar-refractivity contribution in [1.29, 1.82) is 0 Å². The number of H-pyrrole nitrogens is 1. The van der Waals surface area contributed by atoms with E-state index in [2.05, 4.69) is 36.0 Å². The van der Waals surface area contributed by atoms with Gasteiger partial charge in [-0.2, -0.15) is 5.21 Å². The van der Waals surface area contributed by atoms with E-state index in [4.69, 9.17) is 11.6 Å². The number of carbonyl (C=O) groups excluding carboxylic acids is 3. The summed E-state index contributed by atoms with van der Waals surface area (Å²) in [6.07, 6.45) is 0. The largest absolute Gasteiger partial charge is 0.462 e. The molecule has 1 aromatic heterocycles. The van der Waals surface area contributed by atoms with Crippen LogP contribution >= 0.6 is 11.6 Å². The topological polar surface area (TPSA) is 139 Å². The lowest BCUT2D eigenvalue weighted by molar-refractivity contribution is -0.150. The van der Waals surface area contributed by atoms with Crippen molar-refractivity contribution >= 4 is 41.0 Å². The van der Waals surface area contributed by atoms with Crippen molar-refractivity contribution in [3.63, 3.8) is 0 Å². The molecule has 114 valence electrons. The molecule has 11 heteroatoms. The van der Waals surface area contributed by atoms with Gasteiger partial charge in [-0.3, -0.25) is 14.9 Å². The summed E-state index contributed by atoms with van der Waals surface area (Å²) < 4.78 is 4.27. The van der Waals surface area contributed by atoms with Crippen molar-refractivity contribution in [2.75, 3.05) is 17.7 Å². The predicted octanol–water partition coefficient (Wildman–Crippen LogP) is 0.217. The Morgan fingerprint density at radius 1 is 1.27 bits per heavy atom. The molecule has 0 bridgehead atoms. The molecule has 0 aliphatic rings. The second-order valence-corrected chi connectivity index (χ2v) is 4.18. The standard InChI is InChI=1S/C11H9ClN6O4/c1-22-10(21)9(20)13-6-4-2-3-5(7(6)12)8(19)14-11-15-17-18-16-11/h2-4H,1H3,(H,13,20)(H2,14,15,16,17,18,19). The Bertz CT molecular complexity index is 717. The van der Waals surface area contributed by atoms with Gasteiger partial charge in [-0.05, 0) is 17.3 Å². The lowest BCUT2D eigenvalue weighted by Gasteiger charge is -2.09. The fraction of sp³-hybridized carbons (Fsp3) is 0.0909. The van der Waals surface area contributed by atoms with E-state index in [0.29, 0.717) is 0 Å². The number of aromatic amines is 1. The molecule has 22 heavy (non-hydrogen) atoms. The van der Waals surface area contributed by atoms with Crippen LogP contribution in [-0.4, -0.2) is 45.5 Å². The average molecular weight is 325 g/mol. The second-order valence-electron chi connectivity index (χ2n) is 3.80. The molecule has 10 nitrogen and oxygen atoms in total. The predicted molar refractivity (Wildman–Crippen MR) is 74.2 cm³/mol. The van der Waals surface area contributed by atoms with Crippen molar-refractivity contribution in [3.05, 3.63) is 28.8 Å². The molecule has 2 amide bonds. The van der Waals surface area contributed by atoms with E-state index in [1.54, 1.807) is 0 Å². The first-order valence-electron chi connectivity index (χ1n) is 5.75. The van der Waals surface area contributed by atoms with Gasteiger partial charge in [0.2, 0.25) is 0 Å². The van der Waals surface area contributed by atoms with Gasteiger partial charge in [0.25, 0.3) is 11.9 Å². The molecular weight excluding hydrogens is 316 g/mol. The van der Waals surface area contributed by atoms with Crippen LogP contribution in [0, 0.1) is 0 Å². The second kappa shape index (κ2) is 6.63. The van der Waals surface area contributed by atoms with Crippen LogP contribution in [0.1, 0.15) is 10.4 Å². The summed E-state index contributed by atoms with van der Waals surface area (Å²) in [5.41, 5.74) is 0.131. The van der Waals surface area contributed by atoms with Crippen molar-refractivity contribution in [2.45, 2.75) is 0 Å². The fourth-order valence-corrected chi connectivity index (χ4v) is 1.71. The number of nitrogens with one attached hydrogen (secondary N) is 3. The summed E-state index contributed by atoms with van der Waals surface area (Å²) in [5, 5.41) is 17.1. The van der Waals surface area contributed by atoms with Gasteiger partial charge in [0.05, 0.1) is 23.4 Å². The normalized spacial score (nSPS) is 9.91. The molecular formula is C11H9ClN6O4. The number of benzene rings is 1. The number of amides is 2. The Morgan fingerprint density at radius 2 is 2.05 bits per heavy atom. The van der Waals surface area contributed by atoms with Crippen LogP contribution in [0.15, 0.2) is 18.2 Å². The summed E-state index contributed by atoms with van der Waals surface area (Å²) in [6, 6.07) is 4.32. The van der Waals surface area contributed by atoms with Crippen LogP contribution in [-0.2, 0) is 14.3 Å². The van der Waals surface area contributed by atoms with Crippen molar-refractivity contribution in [1.82, 2.24) is 20.6 Å². The summed E-state index contributed by atoms with van der Waals surface area (Å²) in [7, 11) is 1.07. The fourth-order valence-electron chi connectivity index (χ4n) is 1.45. The zero-order valence-electron chi connectivity index (χ0n) is 11.1. The van der Waals surface area contributed by atoms with Crippen molar-refractivity contribution in [2.24, 2.45) is 0 Å². The molecule has 1 aromatic carbocycles. The highest BCUT2D eigenvalue weighted by molar-refractivity contribution is 6.41. The average Bonchev–Trinajstić information content (AvgIpc) is 3.01. The van der Waals surface area contributed by atoms with Crippen LogP contribution in [0.25, 0.3) is 0 Å². The molecule has 1 heterocycles. The number of nitrogens with zero attached hydrogens (tertiary/aromatic N) is 3. The van der Waals surface area contributed by atoms with E-state index >= 15 is 0 Å². The summed E-state index contributed by atoms with van der Waals surface area (Å²) in [5.74, 6) is -2.75. The van der Waals surface area contributed by atoms with Gasteiger partial charge in [-0.25, -0.2) is 4.79 Å². The maximum atomic E-state index is 12.0. The number of esters is 1. The first kappa shape index (κ1) is 15.4. The Hall–Kier alpha value is -3.01. The van der Waals surface area contributed by atoms with Gasteiger partial charge in [0.15, 0.2) is 0 Å². The number of methoxy groups -OCH3 is 1. The van der Waals surface area contributed by atoms with E-state index in [1.165, 1.54) is 18.2 Å². The van der Waals surface area contributed by atoms with Gasteiger partial charge in [-0.1, -0.05) is 22.8 Å². The number of hydrogen-bond acceptors (Lipinski definition) is 7. The summed E-state index contributed by atoms with van der Waals surface area (Å²) >= 11 is 6.04. The molecule has 0 aliphatic carbocycles. The number of hydrogen-bond donors (Lipinski definition) is 3. The quantitative estimate of drug-likeness (QED) is 0.542. The monoisotopic (exact) mass is 324 g/mol. The van der Waals surface area contributed by atoms with E-state index in [9.17, 15) is 14.4 Å². The zero-order chi connectivity index (χ0) is 16.1. The van der Waals surface area contributed by atoms with Crippen LogP contribution < -0.4 is 10.6 Å². The van der Waals surface area contributed by atoms with Crippen molar-refractivity contribution < 1.29 is 19.1 Å². The first-order chi connectivity index (χ1) is 10.5. The highest BCUT2D eigenvalue weighted by Gasteiger charge is 2.19. The molecule has 0 saturated carbocycles. The maximum Gasteiger partial charge on any atom is 0.396 e. The Morgan fingerprint density at radius 3 is 2.68 bits per heavy atom. The molecule has 2 aromatic rings. The Kier molecular flexibility index (Phi) is 4.63. The maximum absolute atomic E-state index is 12.0. The highest BCUT2D eigenvalue weighted by Crippen LogP contribution is 2.26. The molecule has 3 N–H and O–H groups in total. The third-order valence-electron chi connectivity index (χ3n) is 2.43. The van der Waals surface area contributed by atoms with Gasteiger partial charge in [-0.15, -0.1) is 5.10 Å². The number of anilines is 2. The molecule has 0 radical (unpaired) electrons. The molecule has 0 spiro atoms. The lowest BCUT2D eigenvalue weighted by atomic mass is 10.2. The minimum Gasteiger partial charge on any atom is -0.462 e. The van der Waals surface area contributed by atoms with Gasteiger partial charge in [0.1, 0.15) is 0 Å². The molecule has 0 fully saturated rings. The van der Waals surface area contributed by atoms with E-state index < -0.39 is 17.8 Å². The molecule has 0 atom stereocenters. The number of tetrazole rings is 1. The number of ether oxygens (including phenoxy) is 1. The highest BCUT2D eigenvalue weighted by atomic mass is 35.5. The number of rotatable bonds is 3. The van der Waals surface area contributed by atoms with E-state index in [-0.39, 0.29) is 22.2 Å². The smallest absolute Gasteiger partial charge is 0.396 e. The van der Waals surface area contributed by atoms with Crippen LogP contribution in [0.3, 0.4) is 0 Å². The number of halogens is 1. The van der Waals surface area contributed by atoms with Gasteiger partial charge in [0, 0.05) is 0 Å². The molecule has 0 saturated heterocycles. The zero-order valence-corrected chi connectivity index (χ0v) is 11.8. The number of aromatic nitrogens is 4. The molecule has 2 rings (SSSR count). The third-order valence-corrected chi connectivity index (χ3v) is 2.84. The summed E-state index contributed by atoms with van der Waals surface area (Å²) in [4.78, 5) is 34.6. The molecule has 0 unspecified atom stereocenters. The number of carbonyl (C=O) groups is 3. The van der Waals surface area contributed by atoms with Gasteiger partial charge < -0.3 is 10.1 Å².